The molecule has 3 rings (SSSR count). The zero-order chi connectivity index (χ0) is 22.8. The molecule has 1 heterocycles. The molecule has 1 N–H and O–H groups in total. The number of nitrogens with zero attached hydrogens (tertiary/aromatic N) is 2. The Morgan fingerprint density at radius 2 is 1.94 bits per heavy atom. The summed E-state index contributed by atoms with van der Waals surface area (Å²) in [7, 11) is 0. The summed E-state index contributed by atoms with van der Waals surface area (Å²) in [5, 5.41) is 5.98. The van der Waals surface area contributed by atoms with Gasteiger partial charge in [-0.25, -0.2) is 9.78 Å². The van der Waals surface area contributed by atoms with E-state index in [1.807, 2.05) is 66.7 Å². The van der Waals surface area contributed by atoms with Gasteiger partial charge in [-0.2, -0.15) is 0 Å². The molecule has 1 aromatic heterocycles. The van der Waals surface area contributed by atoms with Crippen LogP contribution in [0.1, 0.15) is 52.0 Å². The molecular formula is C26H33N3O2S. The first-order valence-electron chi connectivity index (χ1n) is 11.4. The summed E-state index contributed by atoms with van der Waals surface area (Å²) < 4.78 is 5.79. The fourth-order valence-corrected chi connectivity index (χ4v) is 4.04. The Bertz CT molecular complexity index is 955. The van der Waals surface area contributed by atoms with Crippen molar-refractivity contribution in [3.8, 4) is 16.3 Å². The molecule has 170 valence electrons. The van der Waals surface area contributed by atoms with E-state index in [-0.39, 0.29) is 12.1 Å². The maximum Gasteiger partial charge on any atom is 0.322 e. The molecule has 0 saturated heterocycles. The second kappa shape index (κ2) is 12.2. The van der Waals surface area contributed by atoms with E-state index in [9.17, 15) is 4.79 Å². The number of nitrogens with one attached hydrogen (secondary N) is 1. The molecule has 0 saturated carbocycles. The van der Waals surface area contributed by atoms with Gasteiger partial charge in [0.2, 0.25) is 0 Å². The number of urea groups is 1. The first kappa shape index (κ1) is 23.8. The lowest BCUT2D eigenvalue weighted by Gasteiger charge is -2.27. The SMILES string of the molecule is CCCCCCOc1ccc(NC(=O)N(Cc2cccc(-c3nccs3)c2)C(C)C)cc1. The molecule has 32 heavy (non-hydrogen) atoms. The van der Waals surface area contributed by atoms with E-state index in [0.717, 1.165) is 40.6 Å². The van der Waals surface area contributed by atoms with Crippen LogP contribution in [0.15, 0.2) is 60.1 Å². The van der Waals surface area contributed by atoms with E-state index in [2.05, 4.69) is 29.4 Å². The molecule has 3 aromatic rings. The molecular weight excluding hydrogens is 418 g/mol. The van der Waals surface area contributed by atoms with Crippen LogP contribution in [0.4, 0.5) is 10.5 Å². The van der Waals surface area contributed by atoms with Gasteiger partial charge in [0.15, 0.2) is 0 Å². The normalized spacial score (nSPS) is 10.9. The molecule has 0 aliphatic carbocycles. The molecule has 5 nitrogen and oxygen atoms in total. The Morgan fingerprint density at radius 1 is 1.12 bits per heavy atom. The van der Waals surface area contributed by atoms with Crippen molar-refractivity contribution in [2.75, 3.05) is 11.9 Å². The number of unbranched alkanes of at least 4 members (excludes halogenated alkanes) is 3. The average molecular weight is 452 g/mol. The van der Waals surface area contributed by atoms with Crippen molar-refractivity contribution in [3.63, 3.8) is 0 Å². The van der Waals surface area contributed by atoms with Crippen molar-refractivity contribution in [1.29, 1.82) is 0 Å². The molecule has 0 radical (unpaired) electrons. The van der Waals surface area contributed by atoms with E-state index in [1.54, 1.807) is 11.3 Å². The highest BCUT2D eigenvalue weighted by Crippen LogP contribution is 2.24. The largest absolute Gasteiger partial charge is 0.494 e. The lowest BCUT2D eigenvalue weighted by Crippen LogP contribution is -2.39. The maximum absolute atomic E-state index is 13.0. The molecule has 2 aromatic carbocycles. The summed E-state index contributed by atoms with van der Waals surface area (Å²) in [5.41, 5.74) is 2.91. The van der Waals surface area contributed by atoms with Crippen LogP contribution in [-0.4, -0.2) is 28.6 Å². The van der Waals surface area contributed by atoms with Gasteiger partial charge in [0.1, 0.15) is 10.8 Å². The summed E-state index contributed by atoms with van der Waals surface area (Å²) in [4.78, 5) is 19.2. The third kappa shape index (κ3) is 7.09. The third-order valence-corrected chi connectivity index (χ3v) is 6.04. The van der Waals surface area contributed by atoms with Gasteiger partial charge in [0.25, 0.3) is 0 Å². The predicted octanol–water partition coefficient (Wildman–Crippen LogP) is 7.21. The highest BCUT2D eigenvalue weighted by molar-refractivity contribution is 7.13. The van der Waals surface area contributed by atoms with E-state index in [4.69, 9.17) is 4.74 Å². The lowest BCUT2D eigenvalue weighted by atomic mass is 10.1. The summed E-state index contributed by atoms with van der Waals surface area (Å²) in [6.45, 7) is 7.52. The van der Waals surface area contributed by atoms with Crippen LogP contribution < -0.4 is 10.1 Å². The molecule has 0 spiro atoms. The Labute approximate surface area is 195 Å². The highest BCUT2D eigenvalue weighted by atomic mass is 32.1. The quantitative estimate of drug-likeness (QED) is 0.313. The monoisotopic (exact) mass is 451 g/mol. The number of carbonyl (C=O) groups excluding carboxylic acids is 1. The number of thiazole rings is 1. The molecule has 0 aliphatic heterocycles. The van der Waals surface area contributed by atoms with Crippen molar-refractivity contribution < 1.29 is 9.53 Å². The van der Waals surface area contributed by atoms with Crippen LogP contribution in [0, 0.1) is 0 Å². The number of hydrogen-bond donors (Lipinski definition) is 1. The average Bonchev–Trinajstić information content (AvgIpc) is 3.33. The van der Waals surface area contributed by atoms with Crippen molar-refractivity contribution in [1.82, 2.24) is 9.88 Å². The van der Waals surface area contributed by atoms with Crippen molar-refractivity contribution >= 4 is 23.1 Å². The lowest BCUT2D eigenvalue weighted by molar-refractivity contribution is 0.193. The van der Waals surface area contributed by atoms with E-state index in [0.29, 0.717) is 6.54 Å². The Hall–Kier alpha value is -2.86. The Morgan fingerprint density at radius 3 is 2.62 bits per heavy atom. The van der Waals surface area contributed by atoms with Gasteiger partial charge in [0, 0.05) is 35.4 Å². The van der Waals surface area contributed by atoms with Crippen LogP contribution in [0.3, 0.4) is 0 Å². The van der Waals surface area contributed by atoms with Crippen LogP contribution >= 0.6 is 11.3 Å². The molecule has 6 heteroatoms. The maximum atomic E-state index is 13.0. The second-order valence-electron chi connectivity index (χ2n) is 8.12. The van der Waals surface area contributed by atoms with Gasteiger partial charge >= 0.3 is 6.03 Å². The number of benzene rings is 2. The summed E-state index contributed by atoms with van der Waals surface area (Å²) >= 11 is 1.61. The third-order valence-electron chi connectivity index (χ3n) is 5.22. The van der Waals surface area contributed by atoms with Crippen molar-refractivity contribution in [3.05, 3.63) is 65.7 Å². The zero-order valence-corrected chi connectivity index (χ0v) is 20.0. The Balaban J connectivity index is 1.58. The number of anilines is 1. The van der Waals surface area contributed by atoms with E-state index < -0.39 is 0 Å². The second-order valence-corrected chi connectivity index (χ2v) is 9.02. The fourth-order valence-electron chi connectivity index (χ4n) is 3.40. The number of rotatable bonds is 11. The minimum Gasteiger partial charge on any atom is -0.494 e. The smallest absolute Gasteiger partial charge is 0.322 e. The number of ether oxygens (including phenoxy) is 1. The number of carbonyl (C=O) groups is 1. The highest BCUT2D eigenvalue weighted by Gasteiger charge is 2.18. The van der Waals surface area contributed by atoms with Crippen LogP contribution in [0.25, 0.3) is 10.6 Å². The van der Waals surface area contributed by atoms with Crippen molar-refractivity contribution in [2.45, 2.75) is 59.0 Å². The van der Waals surface area contributed by atoms with Crippen LogP contribution in [-0.2, 0) is 6.54 Å². The first-order chi connectivity index (χ1) is 15.6. The van der Waals surface area contributed by atoms with Gasteiger partial charge < -0.3 is 15.0 Å². The molecule has 0 fully saturated rings. The predicted molar refractivity (Wildman–Crippen MR) is 133 cm³/mol. The van der Waals surface area contributed by atoms with Crippen LogP contribution in [0.2, 0.25) is 0 Å². The number of hydrogen-bond acceptors (Lipinski definition) is 4. The van der Waals surface area contributed by atoms with Gasteiger partial charge in [0.05, 0.1) is 6.61 Å². The first-order valence-corrected chi connectivity index (χ1v) is 12.2. The molecule has 0 unspecified atom stereocenters. The standard InChI is InChI=1S/C26H33N3O2S/c1-4-5-6-7-16-31-24-13-11-23(12-14-24)28-26(30)29(20(2)3)19-21-9-8-10-22(18-21)25-27-15-17-32-25/h8-15,17-18,20H,4-7,16,19H2,1-3H3,(H,28,30). The minimum absolute atomic E-state index is 0.0595. The van der Waals surface area contributed by atoms with Crippen LogP contribution in [0.5, 0.6) is 5.75 Å². The van der Waals surface area contributed by atoms with E-state index in [1.165, 1.54) is 19.3 Å². The number of amides is 2. The van der Waals surface area contributed by atoms with Gasteiger partial charge in [-0.3, -0.25) is 0 Å². The summed E-state index contributed by atoms with van der Waals surface area (Å²) in [6.07, 6.45) is 6.54. The van der Waals surface area contributed by atoms with Crippen molar-refractivity contribution in [2.24, 2.45) is 0 Å². The van der Waals surface area contributed by atoms with Gasteiger partial charge in [-0.05, 0) is 56.2 Å². The van der Waals surface area contributed by atoms with Gasteiger partial charge in [-0.1, -0.05) is 44.4 Å². The number of aromatic nitrogens is 1. The fraction of sp³-hybridized carbons (Fsp3) is 0.385. The summed E-state index contributed by atoms with van der Waals surface area (Å²) in [6, 6.07) is 15.8. The topological polar surface area (TPSA) is 54.5 Å². The Kier molecular flexibility index (Phi) is 9.11. The zero-order valence-electron chi connectivity index (χ0n) is 19.2. The molecule has 0 atom stereocenters. The van der Waals surface area contributed by atoms with E-state index >= 15 is 0 Å². The summed E-state index contributed by atoms with van der Waals surface area (Å²) in [5.74, 6) is 0.833. The molecule has 0 bridgehead atoms. The molecule has 2 amide bonds. The van der Waals surface area contributed by atoms with Gasteiger partial charge in [-0.15, -0.1) is 11.3 Å². The minimum atomic E-state index is -0.118. The molecule has 0 aliphatic rings.